The lowest BCUT2D eigenvalue weighted by Crippen LogP contribution is -2.37. The highest BCUT2D eigenvalue weighted by Gasteiger charge is 2.16. The number of ether oxygens (including phenoxy) is 1. The van der Waals surface area contributed by atoms with Gasteiger partial charge in [-0.2, -0.15) is 0 Å². The molecule has 0 spiro atoms. The summed E-state index contributed by atoms with van der Waals surface area (Å²) in [7, 11) is 3.99. The maximum Gasteiger partial charge on any atom is 0.306 e. The fourth-order valence-corrected chi connectivity index (χ4v) is 2.29. The van der Waals surface area contributed by atoms with Crippen molar-refractivity contribution in [2.75, 3.05) is 27.2 Å². The van der Waals surface area contributed by atoms with E-state index in [1.165, 1.54) is 32.1 Å². The van der Waals surface area contributed by atoms with Crippen LogP contribution in [0.5, 0.6) is 0 Å². The molecule has 0 aromatic rings. The molecule has 136 valence electrons. The van der Waals surface area contributed by atoms with Gasteiger partial charge in [0.1, 0.15) is 0 Å². The Bertz CT molecular complexity index is 319. The molecule has 5 heteroatoms. The van der Waals surface area contributed by atoms with Crippen LogP contribution in [0.2, 0.25) is 0 Å². The van der Waals surface area contributed by atoms with Crippen LogP contribution in [0.3, 0.4) is 0 Å². The van der Waals surface area contributed by atoms with Gasteiger partial charge in [-0.05, 0) is 40.4 Å². The molecule has 0 radical (unpaired) electrons. The molecule has 1 atom stereocenters. The average molecular weight is 328 g/mol. The molecule has 0 saturated heterocycles. The summed E-state index contributed by atoms with van der Waals surface area (Å²) >= 11 is 0. The summed E-state index contributed by atoms with van der Waals surface area (Å²) in [5, 5.41) is 2.80. The fraction of sp³-hybridized carbons (Fsp3) is 0.889. The molecule has 0 aliphatic rings. The number of rotatable bonds is 14. The molecule has 0 aliphatic carbocycles. The summed E-state index contributed by atoms with van der Waals surface area (Å²) in [6.07, 6.45) is 8.75. The number of nitrogens with zero attached hydrogens (tertiary/aromatic N) is 1. The summed E-state index contributed by atoms with van der Waals surface area (Å²) in [6.45, 7) is 5.36. The molecule has 1 N–H and O–H groups in total. The molecule has 0 heterocycles. The Morgan fingerprint density at radius 3 is 2.22 bits per heavy atom. The molecule has 0 saturated carbocycles. The Morgan fingerprint density at radius 1 is 1.00 bits per heavy atom. The third-order valence-electron chi connectivity index (χ3n) is 3.74. The molecule has 23 heavy (non-hydrogen) atoms. The van der Waals surface area contributed by atoms with Gasteiger partial charge in [0.25, 0.3) is 5.91 Å². The number of hydrogen-bond donors (Lipinski definition) is 1. The summed E-state index contributed by atoms with van der Waals surface area (Å²) in [5.74, 6) is -0.480. The highest BCUT2D eigenvalue weighted by atomic mass is 16.5. The number of carbonyl (C=O) groups excluding carboxylic acids is 2. The first-order chi connectivity index (χ1) is 11.0. The maximum absolute atomic E-state index is 11.8. The van der Waals surface area contributed by atoms with E-state index in [0.29, 0.717) is 13.0 Å². The van der Waals surface area contributed by atoms with Gasteiger partial charge in [0.05, 0.1) is 0 Å². The Hall–Kier alpha value is -1.10. The van der Waals surface area contributed by atoms with Gasteiger partial charge < -0.3 is 15.0 Å². The molecule has 0 aromatic heterocycles. The van der Waals surface area contributed by atoms with Crippen LogP contribution in [0.1, 0.15) is 71.6 Å². The van der Waals surface area contributed by atoms with Crippen molar-refractivity contribution in [3.05, 3.63) is 0 Å². The van der Waals surface area contributed by atoms with Gasteiger partial charge in [0.2, 0.25) is 0 Å². The lowest BCUT2D eigenvalue weighted by molar-refractivity contribution is -0.154. The smallest absolute Gasteiger partial charge is 0.306 e. The maximum atomic E-state index is 11.8. The van der Waals surface area contributed by atoms with Crippen molar-refractivity contribution >= 4 is 11.9 Å². The fourth-order valence-electron chi connectivity index (χ4n) is 2.29. The second kappa shape index (κ2) is 14.5. The van der Waals surface area contributed by atoms with E-state index < -0.39 is 6.10 Å². The van der Waals surface area contributed by atoms with Crippen LogP contribution in [-0.2, 0) is 14.3 Å². The first-order valence-electron chi connectivity index (χ1n) is 9.09. The predicted octanol–water partition coefficient (Wildman–Crippen LogP) is 3.13. The van der Waals surface area contributed by atoms with Crippen LogP contribution < -0.4 is 5.32 Å². The zero-order valence-corrected chi connectivity index (χ0v) is 15.5. The van der Waals surface area contributed by atoms with E-state index in [1.54, 1.807) is 6.92 Å². The van der Waals surface area contributed by atoms with Crippen LogP contribution in [0, 0.1) is 0 Å². The minimum absolute atomic E-state index is 0.211. The number of esters is 1. The molecule has 0 fully saturated rings. The number of nitrogens with one attached hydrogen (secondary N) is 1. The summed E-state index contributed by atoms with van der Waals surface area (Å²) in [5.41, 5.74) is 0. The third kappa shape index (κ3) is 14.2. The van der Waals surface area contributed by atoms with Gasteiger partial charge >= 0.3 is 5.97 Å². The van der Waals surface area contributed by atoms with Crippen LogP contribution >= 0.6 is 0 Å². The van der Waals surface area contributed by atoms with Crippen molar-refractivity contribution in [1.82, 2.24) is 10.2 Å². The van der Waals surface area contributed by atoms with E-state index in [0.717, 1.165) is 25.8 Å². The monoisotopic (exact) mass is 328 g/mol. The predicted molar refractivity (Wildman–Crippen MR) is 94.3 cm³/mol. The number of unbranched alkanes of at least 4 members (excludes halogenated alkanes) is 6. The second-order valence-electron chi connectivity index (χ2n) is 6.45. The SMILES string of the molecule is CCCCCCCCCC(=O)OC(C)C(=O)NCCCN(C)C. The van der Waals surface area contributed by atoms with Crippen molar-refractivity contribution in [2.24, 2.45) is 0 Å². The molecule has 1 amide bonds. The van der Waals surface area contributed by atoms with Gasteiger partial charge in [-0.25, -0.2) is 0 Å². The third-order valence-corrected chi connectivity index (χ3v) is 3.74. The largest absolute Gasteiger partial charge is 0.453 e. The van der Waals surface area contributed by atoms with Gasteiger partial charge in [0, 0.05) is 13.0 Å². The van der Waals surface area contributed by atoms with Crippen LogP contribution in [0.15, 0.2) is 0 Å². The van der Waals surface area contributed by atoms with Gasteiger partial charge in [-0.15, -0.1) is 0 Å². The molecular formula is C18H36N2O3. The molecular weight excluding hydrogens is 292 g/mol. The van der Waals surface area contributed by atoms with Crippen molar-refractivity contribution in [2.45, 2.75) is 77.7 Å². The standard InChI is InChI=1S/C18H36N2O3/c1-5-6-7-8-9-10-11-13-17(21)23-16(2)18(22)19-14-12-15-20(3)4/h16H,5-15H2,1-4H3,(H,19,22). The minimum Gasteiger partial charge on any atom is -0.453 e. The van der Waals surface area contributed by atoms with E-state index in [1.807, 2.05) is 14.1 Å². The average Bonchev–Trinajstić information content (AvgIpc) is 2.50. The zero-order chi connectivity index (χ0) is 17.5. The van der Waals surface area contributed by atoms with Gasteiger partial charge in [0.15, 0.2) is 6.10 Å². The normalized spacial score (nSPS) is 12.2. The highest BCUT2D eigenvalue weighted by Crippen LogP contribution is 2.09. The molecule has 0 aliphatic heterocycles. The van der Waals surface area contributed by atoms with Crippen molar-refractivity contribution < 1.29 is 14.3 Å². The molecule has 5 nitrogen and oxygen atoms in total. The zero-order valence-electron chi connectivity index (χ0n) is 15.5. The lowest BCUT2D eigenvalue weighted by atomic mass is 10.1. The van der Waals surface area contributed by atoms with E-state index >= 15 is 0 Å². The van der Waals surface area contributed by atoms with Crippen molar-refractivity contribution in [3.8, 4) is 0 Å². The Kier molecular flexibility index (Phi) is 13.8. The summed E-state index contributed by atoms with van der Waals surface area (Å²) < 4.78 is 5.17. The van der Waals surface area contributed by atoms with E-state index in [-0.39, 0.29) is 11.9 Å². The van der Waals surface area contributed by atoms with Crippen LogP contribution in [-0.4, -0.2) is 50.1 Å². The summed E-state index contributed by atoms with van der Waals surface area (Å²) in [6, 6.07) is 0. The second-order valence-corrected chi connectivity index (χ2v) is 6.45. The Balaban J connectivity index is 3.61. The molecule has 1 unspecified atom stereocenters. The molecule has 0 rings (SSSR count). The number of amides is 1. The minimum atomic E-state index is -0.702. The summed E-state index contributed by atoms with van der Waals surface area (Å²) in [4.78, 5) is 25.6. The number of carbonyl (C=O) groups is 2. The van der Waals surface area contributed by atoms with Crippen LogP contribution in [0.4, 0.5) is 0 Å². The van der Waals surface area contributed by atoms with Gasteiger partial charge in [-0.1, -0.05) is 45.4 Å². The van der Waals surface area contributed by atoms with E-state index in [4.69, 9.17) is 4.74 Å². The van der Waals surface area contributed by atoms with E-state index in [9.17, 15) is 9.59 Å². The lowest BCUT2D eigenvalue weighted by Gasteiger charge is -2.14. The molecule has 0 bridgehead atoms. The van der Waals surface area contributed by atoms with Gasteiger partial charge in [-0.3, -0.25) is 9.59 Å². The van der Waals surface area contributed by atoms with Crippen molar-refractivity contribution in [3.63, 3.8) is 0 Å². The molecule has 0 aromatic carbocycles. The highest BCUT2D eigenvalue weighted by molar-refractivity contribution is 5.83. The first kappa shape index (κ1) is 21.9. The Morgan fingerprint density at radius 2 is 1.61 bits per heavy atom. The van der Waals surface area contributed by atoms with E-state index in [2.05, 4.69) is 17.1 Å². The number of hydrogen-bond acceptors (Lipinski definition) is 4. The van der Waals surface area contributed by atoms with Crippen LogP contribution in [0.25, 0.3) is 0 Å². The Labute approximate surface area is 142 Å². The van der Waals surface area contributed by atoms with Crippen molar-refractivity contribution in [1.29, 1.82) is 0 Å². The first-order valence-corrected chi connectivity index (χ1v) is 9.09. The quantitative estimate of drug-likeness (QED) is 0.393. The topological polar surface area (TPSA) is 58.6 Å².